The van der Waals surface area contributed by atoms with Gasteiger partial charge in [-0.3, -0.25) is 4.98 Å². The van der Waals surface area contributed by atoms with Gasteiger partial charge in [0.15, 0.2) is 5.69 Å². The van der Waals surface area contributed by atoms with Crippen LogP contribution in [0, 0.1) is 12.4 Å². The number of halogens is 1. The van der Waals surface area contributed by atoms with Crippen LogP contribution >= 0.6 is 0 Å². The fourth-order valence-corrected chi connectivity index (χ4v) is 2.86. The first kappa shape index (κ1) is 13.9. The van der Waals surface area contributed by atoms with Crippen LogP contribution in [-0.2, 0) is 6.61 Å². The van der Waals surface area contributed by atoms with Crippen molar-refractivity contribution < 1.29 is 9.50 Å². The van der Waals surface area contributed by atoms with Gasteiger partial charge in [0.25, 0.3) is 0 Å². The average molecular weight is 308 g/mol. The van der Waals surface area contributed by atoms with Crippen molar-refractivity contribution in [1.29, 1.82) is 0 Å². The van der Waals surface area contributed by atoms with Gasteiger partial charge in [0.1, 0.15) is 11.6 Å². The van der Waals surface area contributed by atoms with E-state index in [4.69, 9.17) is 6.57 Å². The van der Waals surface area contributed by atoms with Gasteiger partial charge >= 0.3 is 0 Å². The van der Waals surface area contributed by atoms with Crippen LogP contribution in [0.1, 0.15) is 24.4 Å². The molecule has 0 saturated heterocycles. The van der Waals surface area contributed by atoms with Crippen LogP contribution in [0.4, 0.5) is 10.1 Å². The maximum atomic E-state index is 14.0. The lowest BCUT2D eigenvalue weighted by molar-refractivity contribution is 0.276. The fourth-order valence-electron chi connectivity index (χ4n) is 2.86. The van der Waals surface area contributed by atoms with Gasteiger partial charge in [0.2, 0.25) is 0 Å². The van der Waals surface area contributed by atoms with Gasteiger partial charge in [0.05, 0.1) is 30.4 Å². The van der Waals surface area contributed by atoms with E-state index in [0.717, 1.165) is 30.1 Å². The van der Waals surface area contributed by atoms with Crippen LogP contribution in [0.2, 0.25) is 0 Å². The van der Waals surface area contributed by atoms with Crippen LogP contribution in [0.15, 0.2) is 30.6 Å². The van der Waals surface area contributed by atoms with Crippen molar-refractivity contribution in [3.8, 4) is 11.4 Å². The van der Waals surface area contributed by atoms with Gasteiger partial charge in [0, 0.05) is 23.4 Å². The Morgan fingerprint density at radius 1 is 1.35 bits per heavy atom. The highest BCUT2D eigenvalue weighted by Crippen LogP contribution is 2.42. The van der Waals surface area contributed by atoms with Gasteiger partial charge in [-0.05, 0) is 25.0 Å². The number of fused-ring (bicyclic) bond motifs is 1. The third kappa shape index (κ3) is 2.17. The Kier molecular flexibility index (Phi) is 3.10. The summed E-state index contributed by atoms with van der Waals surface area (Å²) in [5, 5.41) is 9.52. The number of hydrogen-bond donors (Lipinski definition) is 1. The first-order chi connectivity index (χ1) is 11.2. The summed E-state index contributed by atoms with van der Waals surface area (Å²) in [7, 11) is 0. The lowest BCUT2D eigenvalue weighted by atomic mass is 10.1. The summed E-state index contributed by atoms with van der Waals surface area (Å²) in [4.78, 5) is 12.0. The van der Waals surface area contributed by atoms with Gasteiger partial charge in [-0.25, -0.2) is 14.2 Å². The monoisotopic (exact) mass is 308 g/mol. The van der Waals surface area contributed by atoms with Crippen molar-refractivity contribution >= 4 is 16.7 Å². The molecule has 0 unspecified atom stereocenters. The number of aromatic nitrogens is 3. The summed E-state index contributed by atoms with van der Waals surface area (Å²) in [6, 6.07) is 5.63. The smallest absolute Gasteiger partial charge is 0.189 e. The molecule has 5 nitrogen and oxygen atoms in total. The summed E-state index contributed by atoms with van der Waals surface area (Å²) in [6.07, 6.45) is 4.68. The number of nitrogens with zero attached hydrogens (tertiary/aromatic N) is 4. The second-order valence-corrected chi connectivity index (χ2v) is 5.63. The Morgan fingerprint density at radius 3 is 2.87 bits per heavy atom. The molecule has 6 heteroatoms. The molecule has 2 aromatic heterocycles. The van der Waals surface area contributed by atoms with Crippen molar-refractivity contribution in [2.75, 3.05) is 0 Å². The van der Waals surface area contributed by atoms with E-state index in [-0.39, 0.29) is 5.56 Å². The molecule has 2 heterocycles. The molecule has 3 aromatic rings. The average Bonchev–Trinajstić information content (AvgIpc) is 3.34. The fraction of sp³-hybridized carbons (Fsp3) is 0.235. The third-order valence-corrected chi connectivity index (χ3v) is 4.12. The SMILES string of the molecule is [C-]#[N+]c1ccc2nc(-c3cncc(F)c3CO)n(C3CC3)c2c1. The van der Waals surface area contributed by atoms with Gasteiger partial charge in [-0.2, -0.15) is 0 Å². The van der Waals surface area contributed by atoms with Crippen molar-refractivity contribution in [2.45, 2.75) is 25.5 Å². The lowest BCUT2D eigenvalue weighted by Gasteiger charge is -2.11. The zero-order valence-electron chi connectivity index (χ0n) is 12.2. The summed E-state index contributed by atoms with van der Waals surface area (Å²) in [5.74, 6) is 0.0573. The molecule has 4 rings (SSSR count). The lowest BCUT2D eigenvalue weighted by Crippen LogP contribution is -2.02. The van der Waals surface area contributed by atoms with Crippen LogP contribution < -0.4 is 0 Å². The molecule has 0 spiro atoms. The zero-order chi connectivity index (χ0) is 16.0. The molecule has 23 heavy (non-hydrogen) atoms. The number of rotatable bonds is 3. The minimum absolute atomic E-state index is 0.197. The summed E-state index contributed by atoms with van der Waals surface area (Å²) in [6.45, 7) is 6.77. The van der Waals surface area contributed by atoms with E-state index in [1.165, 1.54) is 6.20 Å². The maximum Gasteiger partial charge on any atom is 0.189 e. The Morgan fingerprint density at radius 2 is 2.17 bits per heavy atom. The molecule has 114 valence electrons. The van der Waals surface area contributed by atoms with Crippen LogP contribution in [0.25, 0.3) is 27.3 Å². The highest BCUT2D eigenvalue weighted by atomic mass is 19.1. The predicted molar refractivity (Wildman–Crippen MR) is 83.4 cm³/mol. The van der Waals surface area contributed by atoms with E-state index in [2.05, 4.69) is 14.8 Å². The third-order valence-electron chi connectivity index (χ3n) is 4.12. The molecule has 0 aliphatic heterocycles. The minimum atomic E-state index is -0.541. The maximum absolute atomic E-state index is 14.0. The first-order valence-electron chi connectivity index (χ1n) is 7.36. The zero-order valence-corrected chi connectivity index (χ0v) is 12.2. The molecule has 1 N–H and O–H groups in total. The summed E-state index contributed by atoms with van der Waals surface area (Å²) >= 11 is 0. The Bertz CT molecular complexity index is 953. The van der Waals surface area contributed by atoms with Crippen molar-refractivity contribution in [3.05, 3.63) is 53.4 Å². The topological polar surface area (TPSA) is 55.3 Å². The van der Waals surface area contributed by atoms with E-state index in [1.54, 1.807) is 12.1 Å². The largest absolute Gasteiger partial charge is 0.392 e. The number of imidazole rings is 1. The van der Waals surface area contributed by atoms with Gasteiger partial charge in [-0.1, -0.05) is 6.07 Å². The highest BCUT2D eigenvalue weighted by molar-refractivity contribution is 5.84. The van der Waals surface area contributed by atoms with E-state index < -0.39 is 12.4 Å². The molecule has 1 aliphatic rings. The normalized spacial score (nSPS) is 14.1. The number of pyridine rings is 1. The Hall–Kier alpha value is -2.78. The van der Waals surface area contributed by atoms with E-state index in [9.17, 15) is 9.50 Å². The second kappa shape index (κ2) is 5.14. The van der Waals surface area contributed by atoms with Crippen LogP contribution in [-0.4, -0.2) is 19.6 Å². The summed E-state index contributed by atoms with van der Waals surface area (Å²) in [5.41, 5.74) is 2.87. The Balaban J connectivity index is 2.03. The molecule has 1 aromatic carbocycles. The second-order valence-electron chi connectivity index (χ2n) is 5.63. The van der Waals surface area contributed by atoms with E-state index in [0.29, 0.717) is 23.1 Å². The van der Waals surface area contributed by atoms with Crippen LogP contribution in [0.3, 0.4) is 0 Å². The van der Waals surface area contributed by atoms with Crippen LogP contribution in [0.5, 0.6) is 0 Å². The van der Waals surface area contributed by atoms with E-state index >= 15 is 0 Å². The predicted octanol–water partition coefficient (Wildman–Crippen LogP) is 3.62. The number of aliphatic hydroxyl groups excluding tert-OH is 1. The number of hydrogen-bond acceptors (Lipinski definition) is 3. The molecule has 0 atom stereocenters. The summed E-state index contributed by atoms with van der Waals surface area (Å²) < 4.78 is 16.0. The highest BCUT2D eigenvalue weighted by Gasteiger charge is 2.30. The molecular weight excluding hydrogens is 295 g/mol. The first-order valence-corrected chi connectivity index (χ1v) is 7.36. The molecular formula is C17H13FN4O. The van der Waals surface area contributed by atoms with E-state index in [1.807, 2.05) is 10.6 Å². The molecule has 0 amide bonds. The number of aliphatic hydroxyl groups is 1. The van der Waals surface area contributed by atoms with Crippen molar-refractivity contribution in [2.24, 2.45) is 0 Å². The van der Waals surface area contributed by atoms with Gasteiger partial charge < -0.3 is 9.67 Å². The molecule has 0 radical (unpaired) electrons. The molecule has 1 saturated carbocycles. The number of benzene rings is 1. The Labute approximate surface area is 131 Å². The standard InChI is InChI=1S/C17H13FN4O/c1-19-10-2-5-15-16(6-10)22(11-3-4-11)17(21-15)12-7-20-8-14(18)13(12)9-23/h2,5-8,11,23H,3-4,9H2. The molecule has 1 aliphatic carbocycles. The minimum Gasteiger partial charge on any atom is -0.392 e. The molecule has 1 fully saturated rings. The van der Waals surface area contributed by atoms with Crippen molar-refractivity contribution in [3.63, 3.8) is 0 Å². The van der Waals surface area contributed by atoms with Crippen molar-refractivity contribution in [1.82, 2.24) is 14.5 Å². The quantitative estimate of drug-likeness (QED) is 0.752. The molecule has 0 bridgehead atoms. The van der Waals surface area contributed by atoms with Gasteiger partial charge in [-0.15, -0.1) is 0 Å².